The number of carbonyl (C=O) groups excluding carboxylic acids is 2. The third-order valence-corrected chi connectivity index (χ3v) is 3.46. The van der Waals surface area contributed by atoms with E-state index in [0.717, 1.165) is 18.1 Å². The lowest BCUT2D eigenvalue weighted by molar-refractivity contribution is -0.126. The fourth-order valence-electron chi connectivity index (χ4n) is 1.60. The number of thioether (sulfide) groups is 1. The molecule has 0 radical (unpaired) electrons. The molecule has 0 bridgehead atoms. The van der Waals surface area contributed by atoms with Gasteiger partial charge < -0.3 is 16.0 Å². The standard InChI is InChI=1S/C11H21N3O2S/c1-8(2)14-11(16)6-13-10(15)5-9-7-17-4-3-12-9/h8-9,12H,3-7H2,1-2H3,(H,13,15)(H,14,16). The summed E-state index contributed by atoms with van der Waals surface area (Å²) in [6.45, 7) is 4.80. The monoisotopic (exact) mass is 259 g/mol. The van der Waals surface area contributed by atoms with E-state index in [1.165, 1.54) is 0 Å². The van der Waals surface area contributed by atoms with E-state index in [0.29, 0.717) is 6.42 Å². The van der Waals surface area contributed by atoms with E-state index in [1.807, 2.05) is 25.6 Å². The first-order chi connectivity index (χ1) is 8.08. The van der Waals surface area contributed by atoms with Gasteiger partial charge in [0.05, 0.1) is 6.54 Å². The summed E-state index contributed by atoms with van der Waals surface area (Å²) in [4.78, 5) is 22.9. The van der Waals surface area contributed by atoms with Crippen LogP contribution in [0.2, 0.25) is 0 Å². The van der Waals surface area contributed by atoms with Crippen molar-refractivity contribution in [2.24, 2.45) is 0 Å². The van der Waals surface area contributed by atoms with E-state index in [4.69, 9.17) is 0 Å². The third-order valence-electron chi connectivity index (χ3n) is 2.33. The van der Waals surface area contributed by atoms with Crippen LogP contribution in [0.1, 0.15) is 20.3 Å². The lowest BCUT2D eigenvalue weighted by Crippen LogP contribution is -2.44. The zero-order valence-corrected chi connectivity index (χ0v) is 11.2. The van der Waals surface area contributed by atoms with Gasteiger partial charge in [-0.15, -0.1) is 0 Å². The fourth-order valence-corrected chi connectivity index (χ4v) is 2.55. The molecule has 5 nitrogen and oxygen atoms in total. The van der Waals surface area contributed by atoms with E-state index in [-0.39, 0.29) is 30.4 Å². The summed E-state index contributed by atoms with van der Waals surface area (Å²) in [5.74, 6) is 1.86. The smallest absolute Gasteiger partial charge is 0.239 e. The third kappa shape index (κ3) is 6.53. The van der Waals surface area contributed by atoms with Crippen LogP contribution in [0.5, 0.6) is 0 Å². The summed E-state index contributed by atoms with van der Waals surface area (Å²) in [7, 11) is 0. The van der Waals surface area contributed by atoms with Gasteiger partial charge in [-0.3, -0.25) is 9.59 Å². The number of hydrogen-bond acceptors (Lipinski definition) is 4. The average molecular weight is 259 g/mol. The van der Waals surface area contributed by atoms with E-state index in [9.17, 15) is 9.59 Å². The van der Waals surface area contributed by atoms with Crippen LogP contribution in [0.15, 0.2) is 0 Å². The van der Waals surface area contributed by atoms with Gasteiger partial charge >= 0.3 is 0 Å². The van der Waals surface area contributed by atoms with Crippen molar-refractivity contribution in [3.05, 3.63) is 0 Å². The first kappa shape index (κ1) is 14.3. The molecule has 3 N–H and O–H groups in total. The van der Waals surface area contributed by atoms with Gasteiger partial charge in [-0.1, -0.05) is 0 Å². The molecule has 0 saturated carbocycles. The molecule has 0 spiro atoms. The van der Waals surface area contributed by atoms with Crippen LogP contribution in [0.3, 0.4) is 0 Å². The Hall–Kier alpha value is -0.750. The fraction of sp³-hybridized carbons (Fsp3) is 0.818. The molecular weight excluding hydrogens is 238 g/mol. The van der Waals surface area contributed by atoms with Gasteiger partial charge in [0.2, 0.25) is 11.8 Å². The van der Waals surface area contributed by atoms with Gasteiger partial charge in [-0.25, -0.2) is 0 Å². The minimum atomic E-state index is -0.140. The molecule has 17 heavy (non-hydrogen) atoms. The van der Waals surface area contributed by atoms with E-state index >= 15 is 0 Å². The minimum absolute atomic E-state index is 0.0658. The Morgan fingerprint density at radius 3 is 2.76 bits per heavy atom. The summed E-state index contributed by atoms with van der Waals surface area (Å²) in [6, 6.07) is 0.345. The van der Waals surface area contributed by atoms with E-state index < -0.39 is 0 Å². The number of rotatable bonds is 5. The SMILES string of the molecule is CC(C)NC(=O)CNC(=O)CC1CSCCN1. The Bertz CT molecular complexity index is 265. The van der Waals surface area contributed by atoms with Gasteiger partial charge in [0.1, 0.15) is 0 Å². The van der Waals surface area contributed by atoms with Crippen molar-refractivity contribution in [3.8, 4) is 0 Å². The topological polar surface area (TPSA) is 70.2 Å². The molecule has 0 aromatic rings. The molecule has 6 heteroatoms. The summed E-state index contributed by atoms with van der Waals surface area (Å²) in [5.41, 5.74) is 0. The Labute approximate surface area is 106 Å². The zero-order valence-electron chi connectivity index (χ0n) is 10.4. The molecule has 1 fully saturated rings. The van der Waals surface area contributed by atoms with Crippen LogP contribution in [-0.4, -0.2) is 48.5 Å². The minimum Gasteiger partial charge on any atom is -0.352 e. The number of nitrogens with one attached hydrogen (secondary N) is 3. The maximum atomic E-state index is 11.6. The lowest BCUT2D eigenvalue weighted by atomic mass is 10.2. The Morgan fingerprint density at radius 1 is 1.41 bits per heavy atom. The molecule has 1 saturated heterocycles. The quantitative estimate of drug-likeness (QED) is 0.635. The maximum Gasteiger partial charge on any atom is 0.239 e. The highest BCUT2D eigenvalue weighted by molar-refractivity contribution is 7.99. The predicted molar refractivity (Wildman–Crippen MR) is 70.0 cm³/mol. The van der Waals surface area contributed by atoms with Crippen molar-refractivity contribution in [2.75, 3.05) is 24.6 Å². The van der Waals surface area contributed by atoms with Gasteiger partial charge in [-0.2, -0.15) is 11.8 Å². The van der Waals surface area contributed by atoms with Gasteiger partial charge in [-0.05, 0) is 13.8 Å². The zero-order chi connectivity index (χ0) is 12.7. The molecule has 1 unspecified atom stereocenters. The number of hydrogen-bond donors (Lipinski definition) is 3. The maximum absolute atomic E-state index is 11.6. The predicted octanol–water partition coefficient (Wildman–Crippen LogP) is -0.278. The lowest BCUT2D eigenvalue weighted by Gasteiger charge is -2.22. The molecular formula is C11H21N3O2S. The molecule has 1 heterocycles. The molecule has 98 valence electrons. The van der Waals surface area contributed by atoms with Crippen LogP contribution in [0.4, 0.5) is 0 Å². The van der Waals surface area contributed by atoms with Gasteiger partial charge in [0, 0.05) is 36.6 Å². The van der Waals surface area contributed by atoms with Crippen molar-refractivity contribution in [1.29, 1.82) is 0 Å². The number of amides is 2. The molecule has 1 rings (SSSR count). The molecule has 2 amide bonds. The summed E-state index contributed by atoms with van der Waals surface area (Å²) in [5, 5.41) is 8.65. The number of carbonyl (C=O) groups is 2. The van der Waals surface area contributed by atoms with Crippen LogP contribution in [0, 0.1) is 0 Å². The average Bonchev–Trinajstić information content (AvgIpc) is 2.27. The summed E-state index contributed by atoms with van der Waals surface area (Å²) in [6.07, 6.45) is 0.446. The largest absolute Gasteiger partial charge is 0.352 e. The Morgan fingerprint density at radius 2 is 2.18 bits per heavy atom. The van der Waals surface area contributed by atoms with E-state index in [1.54, 1.807) is 0 Å². The van der Waals surface area contributed by atoms with Crippen molar-refractivity contribution >= 4 is 23.6 Å². The molecule has 0 aliphatic carbocycles. The second-order valence-corrected chi connectivity index (χ2v) is 5.58. The van der Waals surface area contributed by atoms with Crippen LogP contribution < -0.4 is 16.0 Å². The Balaban J connectivity index is 2.14. The highest BCUT2D eigenvalue weighted by Gasteiger charge is 2.16. The normalized spacial score (nSPS) is 20.1. The molecule has 1 aliphatic rings. The van der Waals surface area contributed by atoms with Crippen LogP contribution in [0.25, 0.3) is 0 Å². The van der Waals surface area contributed by atoms with Crippen molar-refractivity contribution in [2.45, 2.75) is 32.4 Å². The summed E-state index contributed by atoms with van der Waals surface area (Å²) < 4.78 is 0. The molecule has 0 aromatic carbocycles. The van der Waals surface area contributed by atoms with Crippen LogP contribution >= 0.6 is 11.8 Å². The highest BCUT2D eigenvalue weighted by atomic mass is 32.2. The van der Waals surface area contributed by atoms with E-state index in [2.05, 4.69) is 16.0 Å². The first-order valence-electron chi connectivity index (χ1n) is 5.95. The Kier molecular flexibility index (Phi) is 6.36. The van der Waals surface area contributed by atoms with Crippen molar-refractivity contribution in [3.63, 3.8) is 0 Å². The second kappa shape index (κ2) is 7.55. The summed E-state index contributed by atoms with van der Waals surface area (Å²) >= 11 is 1.86. The molecule has 1 aliphatic heterocycles. The van der Waals surface area contributed by atoms with Crippen LogP contribution in [-0.2, 0) is 9.59 Å². The molecule has 1 atom stereocenters. The molecule has 0 aromatic heterocycles. The first-order valence-corrected chi connectivity index (χ1v) is 7.10. The van der Waals surface area contributed by atoms with Gasteiger partial charge in [0.15, 0.2) is 0 Å². The van der Waals surface area contributed by atoms with Crippen molar-refractivity contribution in [1.82, 2.24) is 16.0 Å². The highest BCUT2D eigenvalue weighted by Crippen LogP contribution is 2.09. The second-order valence-electron chi connectivity index (χ2n) is 4.43. The van der Waals surface area contributed by atoms with Crippen molar-refractivity contribution < 1.29 is 9.59 Å². The van der Waals surface area contributed by atoms with Gasteiger partial charge in [0.25, 0.3) is 0 Å².